The van der Waals surface area contributed by atoms with Crippen molar-refractivity contribution < 1.29 is 9.90 Å². The normalized spacial score (nSPS) is 16.6. The van der Waals surface area contributed by atoms with Crippen LogP contribution in [0.1, 0.15) is 36.8 Å². The van der Waals surface area contributed by atoms with Crippen LogP contribution in [0.25, 0.3) is 0 Å². The fourth-order valence-electron chi connectivity index (χ4n) is 2.70. The second-order valence-corrected chi connectivity index (χ2v) is 5.98. The third kappa shape index (κ3) is 4.50. The molecule has 0 aromatic heterocycles. The van der Waals surface area contributed by atoms with Gasteiger partial charge in [-0.1, -0.05) is 37.1 Å². The average molecular weight is 296 g/mol. The van der Waals surface area contributed by atoms with E-state index < -0.39 is 11.3 Å². The number of rotatable bonds is 7. The lowest BCUT2D eigenvalue weighted by Gasteiger charge is -2.28. The summed E-state index contributed by atoms with van der Waals surface area (Å²) in [6.07, 6.45) is 4.77. The Morgan fingerprint density at radius 1 is 1.25 bits per heavy atom. The quantitative estimate of drug-likeness (QED) is 0.620. The van der Waals surface area contributed by atoms with E-state index in [1.807, 2.05) is 0 Å². The monoisotopic (exact) mass is 295 g/mol. The van der Waals surface area contributed by atoms with Crippen LogP contribution in [0.15, 0.2) is 24.3 Å². The van der Waals surface area contributed by atoms with Crippen LogP contribution >= 0.6 is 11.6 Å². The van der Waals surface area contributed by atoms with E-state index in [9.17, 15) is 4.79 Å². The summed E-state index contributed by atoms with van der Waals surface area (Å²) in [4.78, 5) is 13.1. The molecule has 0 saturated heterocycles. The van der Waals surface area contributed by atoms with Crippen LogP contribution in [0, 0.1) is 0 Å². The molecule has 4 heteroatoms. The van der Waals surface area contributed by atoms with Crippen LogP contribution in [-0.4, -0.2) is 34.4 Å². The Balaban J connectivity index is 1.63. The molecule has 110 valence electrons. The van der Waals surface area contributed by atoms with E-state index in [0.29, 0.717) is 6.42 Å². The maximum atomic E-state index is 10.6. The standard InChI is InChI=1S/C16H22ClNO2/c17-15(16(19)20)8-2-1-5-10-18-11-9-13-6-3-4-7-14(13)12-18/h3-4,6-7,15H,1-2,5,8-12H2,(H,19,20). The first-order chi connectivity index (χ1) is 9.66. The highest BCUT2D eigenvalue weighted by molar-refractivity contribution is 6.29. The molecule has 0 radical (unpaired) electrons. The van der Waals surface area contributed by atoms with E-state index in [4.69, 9.17) is 16.7 Å². The number of carboxylic acids is 1. The van der Waals surface area contributed by atoms with Gasteiger partial charge in [0.1, 0.15) is 5.38 Å². The molecule has 1 atom stereocenters. The van der Waals surface area contributed by atoms with Crippen molar-refractivity contribution in [2.24, 2.45) is 0 Å². The highest BCUT2D eigenvalue weighted by Gasteiger charge is 2.15. The van der Waals surface area contributed by atoms with Crippen LogP contribution < -0.4 is 0 Å². The van der Waals surface area contributed by atoms with Crippen molar-refractivity contribution in [3.63, 3.8) is 0 Å². The van der Waals surface area contributed by atoms with Crippen molar-refractivity contribution in [3.8, 4) is 0 Å². The van der Waals surface area contributed by atoms with Gasteiger partial charge in [-0.3, -0.25) is 9.69 Å². The Morgan fingerprint density at radius 2 is 2.00 bits per heavy atom. The van der Waals surface area contributed by atoms with Crippen molar-refractivity contribution in [3.05, 3.63) is 35.4 Å². The number of unbranched alkanes of at least 4 members (excludes halogenated alkanes) is 2. The summed E-state index contributed by atoms with van der Waals surface area (Å²) < 4.78 is 0. The number of alkyl halides is 1. The molecule has 1 unspecified atom stereocenters. The zero-order chi connectivity index (χ0) is 14.4. The van der Waals surface area contributed by atoms with Crippen molar-refractivity contribution in [1.29, 1.82) is 0 Å². The number of carboxylic acid groups (broad SMARTS) is 1. The van der Waals surface area contributed by atoms with Gasteiger partial charge < -0.3 is 5.11 Å². The number of hydrogen-bond donors (Lipinski definition) is 1. The topological polar surface area (TPSA) is 40.5 Å². The SMILES string of the molecule is O=C(O)C(Cl)CCCCCN1CCc2ccccc2C1. The second kappa shape index (κ2) is 7.65. The molecule has 1 aromatic carbocycles. The predicted octanol–water partition coefficient (Wildman–Crippen LogP) is 3.30. The molecule has 1 aliphatic heterocycles. The molecular formula is C16H22ClNO2. The summed E-state index contributed by atoms with van der Waals surface area (Å²) >= 11 is 5.69. The Bertz CT molecular complexity index is 450. The van der Waals surface area contributed by atoms with Gasteiger partial charge in [0, 0.05) is 13.1 Å². The molecule has 20 heavy (non-hydrogen) atoms. The summed E-state index contributed by atoms with van der Waals surface area (Å²) in [5.74, 6) is -0.903. The highest BCUT2D eigenvalue weighted by atomic mass is 35.5. The molecule has 1 N–H and O–H groups in total. The smallest absolute Gasteiger partial charge is 0.321 e. The van der Waals surface area contributed by atoms with Crippen LogP contribution in [-0.2, 0) is 17.8 Å². The van der Waals surface area contributed by atoms with Gasteiger partial charge >= 0.3 is 5.97 Å². The number of benzene rings is 1. The lowest BCUT2D eigenvalue weighted by molar-refractivity contribution is -0.136. The van der Waals surface area contributed by atoms with E-state index >= 15 is 0 Å². The maximum absolute atomic E-state index is 10.6. The summed E-state index contributed by atoms with van der Waals surface area (Å²) in [5, 5.41) is 7.97. The van der Waals surface area contributed by atoms with Crippen LogP contribution in [0.2, 0.25) is 0 Å². The predicted molar refractivity (Wildman–Crippen MR) is 81.2 cm³/mol. The van der Waals surface area contributed by atoms with Crippen molar-refractivity contribution in [2.75, 3.05) is 13.1 Å². The number of halogens is 1. The van der Waals surface area contributed by atoms with Crippen molar-refractivity contribution in [2.45, 2.75) is 44.0 Å². The number of fused-ring (bicyclic) bond motifs is 1. The zero-order valence-corrected chi connectivity index (χ0v) is 12.5. The Labute approximate surface area is 125 Å². The summed E-state index contributed by atoms with van der Waals surface area (Å²) in [6.45, 7) is 3.27. The van der Waals surface area contributed by atoms with Crippen LogP contribution in [0.3, 0.4) is 0 Å². The average Bonchev–Trinajstić information content (AvgIpc) is 2.46. The number of nitrogens with zero attached hydrogens (tertiary/aromatic N) is 1. The molecule has 1 aromatic rings. The minimum Gasteiger partial charge on any atom is -0.480 e. The van der Waals surface area contributed by atoms with E-state index in [0.717, 1.165) is 45.3 Å². The van der Waals surface area contributed by atoms with Gasteiger partial charge in [-0.15, -0.1) is 11.6 Å². The van der Waals surface area contributed by atoms with E-state index in [1.54, 1.807) is 0 Å². The largest absolute Gasteiger partial charge is 0.480 e. The third-order valence-electron chi connectivity index (χ3n) is 3.91. The van der Waals surface area contributed by atoms with Crippen LogP contribution in [0.4, 0.5) is 0 Å². The highest BCUT2D eigenvalue weighted by Crippen LogP contribution is 2.19. The lowest BCUT2D eigenvalue weighted by Crippen LogP contribution is -2.31. The first-order valence-electron chi connectivity index (χ1n) is 7.33. The molecule has 0 amide bonds. The fourth-order valence-corrected chi connectivity index (χ4v) is 2.86. The van der Waals surface area contributed by atoms with Gasteiger partial charge in [0.05, 0.1) is 0 Å². The number of carbonyl (C=O) groups is 1. The number of aliphatic carboxylic acids is 1. The van der Waals surface area contributed by atoms with Crippen molar-refractivity contribution in [1.82, 2.24) is 4.90 Å². The Morgan fingerprint density at radius 3 is 2.75 bits per heavy atom. The van der Waals surface area contributed by atoms with Gasteiger partial charge in [-0.2, -0.15) is 0 Å². The van der Waals surface area contributed by atoms with E-state index in [1.165, 1.54) is 11.1 Å². The number of hydrogen-bond acceptors (Lipinski definition) is 2. The second-order valence-electron chi connectivity index (χ2n) is 5.45. The molecule has 0 aliphatic carbocycles. The van der Waals surface area contributed by atoms with Gasteiger partial charge in [0.15, 0.2) is 0 Å². The lowest BCUT2D eigenvalue weighted by atomic mass is 9.99. The van der Waals surface area contributed by atoms with Gasteiger partial charge in [-0.25, -0.2) is 0 Å². The first-order valence-corrected chi connectivity index (χ1v) is 7.76. The van der Waals surface area contributed by atoms with Crippen molar-refractivity contribution >= 4 is 17.6 Å². The summed E-state index contributed by atoms with van der Waals surface area (Å²) in [7, 11) is 0. The molecule has 3 nitrogen and oxygen atoms in total. The Hall–Kier alpha value is -1.06. The van der Waals surface area contributed by atoms with E-state index in [-0.39, 0.29) is 0 Å². The van der Waals surface area contributed by atoms with Gasteiger partial charge in [-0.05, 0) is 36.9 Å². The zero-order valence-electron chi connectivity index (χ0n) is 11.7. The first kappa shape index (κ1) is 15.3. The maximum Gasteiger partial charge on any atom is 0.321 e. The minimum absolute atomic E-state index is 0.569. The molecule has 1 heterocycles. The minimum atomic E-state index is -0.903. The van der Waals surface area contributed by atoms with Crippen LogP contribution in [0.5, 0.6) is 0 Å². The fraction of sp³-hybridized carbons (Fsp3) is 0.562. The summed E-state index contributed by atoms with van der Waals surface area (Å²) in [6, 6.07) is 8.65. The molecule has 0 bridgehead atoms. The third-order valence-corrected chi connectivity index (χ3v) is 4.31. The Kier molecular flexibility index (Phi) is 5.86. The molecule has 1 aliphatic rings. The van der Waals surface area contributed by atoms with Gasteiger partial charge in [0.2, 0.25) is 0 Å². The van der Waals surface area contributed by atoms with Gasteiger partial charge in [0.25, 0.3) is 0 Å². The molecule has 0 saturated carbocycles. The molecule has 2 rings (SSSR count). The summed E-state index contributed by atoms with van der Waals surface area (Å²) in [5.41, 5.74) is 2.93. The van der Waals surface area contributed by atoms with E-state index in [2.05, 4.69) is 29.2 Å². The molecule has 0 fully saturated rings. The molecule has 0 spiro atoms. The molecular weight excluding hydrogens is 274 g/mol.